The zero-order valence-corrected chi connectivity index (χ0v) is 14.5. The van der Waals surface area contributed by atoms with Crippen molar-refractivity contribution < 1.29 is 17.7 Å². The molecule has 1 aromatic carbocycles. The number of hydrogen-bond acceptors (Lipinski definition) is 5. The smallest absolute Gasteiger partial charge is 0.234 e. The van der Waals surface area contributed by atoms with E-state index in [4.69, 9.17) is 16.1 Å². The van der Waals surface area contributed by atoms with Gasteiger partial charge in [-0.3, -0.25) is 10.1 Å². The number of anilines is 1. The SMILES string of the molecule is O=C(CCS(=O)(=O)c1ccc(Cl)cc1)Nc1onc2c1CCCC2. The standard InChI is InChI=1S/C16H17ClN2O4S/c17-11-5-7-12(8-6-11)24(21,22)10-9-15(20)18-16-13-3-1-2-4-14(13)19-23-16/h5-8H,1-4,9-10H2,(H,18,20). The number of aryl methyl sites for hydroxylation is 1. The van der Waals surface area contributed by atoms with Crippen LogP contribution in [0.5, 0.6) is 0 Å². The van der Waals surface area contributed by atoms with Crippen LogP contribution in [0.3, 0.4) is 0 Å². The van der Waals surface area contributed by atoms with E-state index in [1.807, 2.05) is 0 Å². The van der Waals surface area contributed by atoms with Crippen LogP contribution in [0, 0.1) is 0 Å². The second kappa shape index (κ2) is 6.94. The maximum atomic E-state index is 12.2. The summed E-state index contributed by atoms with van der Waals surface area (Å²) in [4.78, 5) is 12.2. The third-order valence-corrected chi connectivity index (χ3v) is 5.97. The fourth-order valence-electron chi connectivity index (χ4n) is 2.66. The molecule has 1 aliphatic carbocycles. The third kappa shape index (κ3) is 3.79. The number of nitrogens with one attached hydrogen (secondary N) is 1. The minimum Gasteiger partial charge on any atom is -0.338 e. The molecule has 6 nitrogen and oxygen atoms in total. The van der Waals surface area contributed by atoms with Gasteiger partial charge in [0.05, 0.1) is 16.3 Å². The van der Waals surface area contributed by atoms with Crippen molar-refractivity contribution in [3.8, 4) is 0 Å². The van der Waals surface area contributed by atoms with E-state index >= 15 is 0 Å². The van der Waals surface area contributed by atoms with Crippen LogP contribution in [0.1, 0.15) is 30.5 Å². The Morgan fingerprint density at radius 2 is 1.92 bits per heavy atom. The van der Waals surface area contributed by atoms with Gasteiger partial charge in [-0.15, -0.1) is 0 Å². The van der Waals surface area contributed by atoms with Crippen LogP contribution in [0.15, 0.2) is 33.7 Å². The fourth-order valence-corrected chi connectivity index (χ4v) is 4.03. The molecule has 0 spiro atoms. The second-order valence-corrected chi connectivity index (χ2v) is 8.26. The van der Waals surface area contributed by atoms with Gasteiger partial charge in [0.15, 0.2) is 9.84 Å². The van der Waals surface area contributed by atoms with E-state index in [1.54, 1.807) is 0 Å². The lowest BCUT2D eigenvalue weighted by atomic mass is 9.98. The first-order valence-electron chi connectivity index (χ1n) is 7.71. The summed E-state index contributed by atoms with van der Waals surface area (Å²) in [5, 5.41) is 7.04. The van der Waals surface area contributed by atoms with E-state index in [0.717, 1.165) is 36.9 Å². The number of amides is 1. The van der Waals surface area contributed by atoms with Gasteiger partial charge < -0.3 is 4.52 Å². The summed E-state index contributed by atoms with van der Waals surface area (Å²) in [5.74, 6) is -0.341. The first-order chi connectivity index (χ1) is 11.5. The molecule has 0 saturated carbocycles. The van der Waals surface area contributed by atoms with Gasteiger partial charge in [0.1, 0.15) is 0 Å². The van der Waals surface area contributed by atoms with Gasteiger partial charge in [-0.2, -0.15) is 0 Å². The molecule has 0 aliphatic heterocycles. The van der Waals surface area contributed by atoms with Crippen molar-refractivity contribution in [2.75, 3.05) is 11.1 Å². The van der Waals surface area contributed by atoms with Crippen LogP contribution in [-0.4, -0.2) is 25.2 Å². The molecule has 24 heavy (non-hydrogen) atoms. The average molecular weight is 369 g/mol. The number of carbonyl (C=O) groups excluding carboxylic acids is 1. The summed E-state index contributed by atoms with van der Waals surface area (Å²) in [6, 6.07) is 5.88. The molecule has 1 amide bonds. The van der Waals surface area contributed by atoms with Gasteiger partial charge >= 0.3 is 0 Å². The van der Waals surface area contributed by atoms with Crippen molar-refractivity contribution in [3.05, 3.63) is 40.5 Å². The summed E-state index contributed by atoms with van der Waals surface area (Å²) in [7, 11) is -3.53. The van der Waals surface area contributed by atoms with Crippen LogP contribution in [0.25, 0.3) is 0 Å². The van der Waals surface area contributed by atoms with E-state index < -0.39 is 15.7 Å². The summed E-state index contributed by atoms with van der Waals surface area (Å²) < 4.78 is 29.6. The van der Waals surface area contributed by atoms with E-state index in [0.29, 0.717) is 10.9 Å². The van der Waals surface area contributed by atoms with Crippen LogP contribution in [0.2, 0.25) is 5.02 Å². The Morgan fingerprint density at radius 3 is 2.67 bits per heavy atom. The lowest BCUT2D eigenvalue weighted by molar-refractivity contribution is -0.115. The maximum Gasteiger partial charge on any atom is 0.234 e. The Bertz CT molecular complexity index is 843. The van der Waals surface area contributed by atoms with Crippen molar-refractivity contribution in [1.29, 1.82) is 0 Å². The number of sulfone groups is 1. The maximum absolute atomic E-state index is 12.2. The van der Waals surface area contributed by atoms with E-state index in [-0.39, 0.29) is 17.1 Å². The molecule has 8 heteroatoms. The highest BCUT2D eigenvalue weighted by Gasteiger charge is 2.22. The Labute approximate surface area is 145 Å². The van der Waals surface area contributed by atoms with Gasteiger partial charge in [-0.05, 0) is 49.9 Å². The molecule has 1 N–H and O–H groups in total. The average Bonchev–Trinajstić information content (AvgIpc) is 2.97. The molecule has 1 aliphatic rings. The Morgan fingerprint density at radius 1 is 1.21 bits per heavy atom. The topological polar surface area (TPSA) is 89.3 Å². The van der Waals surface area contributed by atoms with Gasteiger partial charge in [-0.1, -0.05) is 16.8 Å². The number of nitrogens with zero attached hydrogens (tertiary/aromatic N) is 1. The molecule has 0 atom stereocenters. The molecule has 1 heterocycles. The highest BCUT2D eigenvalue weighted by molar-refractivity contribution is 7.91. The molecule has 3 rings (SSSR count). The predicted molar refractivity (Wildman–Crippen MR) is 89.9 cm³/mol. The monoisotopic (exact) mass is 368 g/mol. The summed E-state index contributed by atoms with van der Waals surface area (Å²) >= 11 is 5.75. The number of halogens is 1. The van der Waals surface area contributed by atoms with Gasteiger partial charge in [0, 0.05) is 17.0 Å². The number of fused-ring (bicyclic) bond motifs is 1. The van der Waals surface area contributed by atoms with E-state index in [9.17, 15) is 13.2 Å². The molecule has 1 aromatic heterocycles. The Kier molecular flexibility index (Phi) is 4.91. The van der Waals surface area contributed by atoms with Gasteiger partial charge in [-0.25, -0.2) is 8.42 Å². The Hall–Kier alpha value is -1.86. The van der Waals surface area contributed by atoms with Crippen molar-refractivity contribution in [2.45, 2.75) is 37.0 Å². The number of carbonyl (C=O) groups is 1. The summed E-state index contributed by atoms with van der Waals surface area (Å²) in [6.07, 6.45) is 3.60. The van der Waals surface area contributed by atoms with Gasteiger partial charge in [0.25, 0.3) is 0 Å². The zero-order chi connectivity index (χ0) is 17.2. The minimum absolute atomic E-state index is 0.150. The number of aromatic nitrogens is 1. The number of hydrogen-bond donors (Lipinski definition) is 1. The Balaban J connectivity index is 1.61. The third-order valence-electron chi connectivity index (χ3n) is 3.98. The van der Waals surface area contributed by atoms with Crippen LogP contribution in [-0.2, 0) is 27.5 Å². The molecule has 0 saturated heterocycles. The quantitative estimate of drug-likeness (QED) is 0.876. The molecule has 0 radical (unpaired) electrons. The second-order valence-electron chi connectivity index (χ2n) is 5.72. The minimum atomic E-state index is -3.53. The predicted octanol–water partition coefficient (Wildman–Crippen LogP) is 3.01. The lowest BCUT2D eigenvalue weighted by Crippen LogP contribution is -2.18. The lowest BCUT2D eigenvalue weighted by Gasteiger charge is -2.09. The van der Waals surface area contributed by atoms with Gasteiger partial charge in [0.2, 0.25) is 11.8 Å². The van der Waals surface area contributed by atoms with Crippen LogP contribution in [0.4, 0.5) is 5.88 Å². The normalized spacial score (nSPS) is 14.2. The number of rotatable bonds is 5. The first-order valence-corrected chi connectivity index (χ1v) is 9.74. The van der Waals surface area contributed by atoms with E-state index in [2.05, 4.69) is 10.5 Å². The van der Waals surface area contributed by atoms with Crippen molar-refractivity contribution in [1.82, 2.24) is 5.16 Å². The highest BCUT2D eigenvalue weighted by Crippen LogP contribution is 2.27. The van der Waals surface area contributed by atoms with E-state index in [1.165, 1.54) is 24.3 Å². The highest BCUT2D eigenvalue weighted by atomic mass is 35.5. The van der Waals surface area contributed by atoms with Crippen molar-refractivity contribution >= 4 is 33.2 Å². The molecular formula is C16H17ClN2O4S. The molecular weight excluding hydrogens is 352 g/mol. The molecule has 0 unspecified atom stereocenters. The van der Waals surface area contributed by atoms with Crippen molar-refractivity contribution in [3.63, 3.8) is 0 Å². The summed E-state index contributed by atoms with van der Waals surface area (Å²) in [5.41, 5.74) is 1.81. The van der Waals surface area contributed by atoms with Crippen LogP contribution >= 0.6 is 11.6 Å². The largest absolute Gasteiger partial charge is 0.338 e. The summed E-state index contributed by atoms with van der Waals surface area (Å²) in [6.45, 7) is 0. The number of benzene rings is 1. The zero-order valence-electron chi connectivity index (χ0n) is 12.9. The van der Waals surface area contributed by atoms with Crippen molar-refractivity contribution in [2.24, 2.45) is 0 Å². The van der Waals surface area contributed by atoms with Crippen LogP contribution < -0.4 is 5.32 Å². The fraction of sp³-hybridized carbons (Fsp3) is 0.375. The molecule has 0 fully saturated rings. The first kappa shape index (κ1) is 17.0. The molecule has 2 aromatic rings. The molecule has 128 valence electrons. The molecule has 0 bridgehead atoms.